The number of aryl methyl sites for hydroxylation is 1. The number of hydrogen-bond donors (Lipinski definition) is 0. The van der Waals surface area contributed by atoms with Crippen LogP contribution in [0, 0.1) is 5.92 Å². The molecule has 1 atom stereocenters. The van der Waals surface area contributed by atoms with Crippen molar-refractivity contribution in [2.24, 2.45) is 13.0 Å². The third kappa shape index (κ3) is 6.53. The Balaban J connectivity index is 1.57. The highest BCUT2D eigenvalue weighted by atomic mass is 35.5. The summed E-state index contributed by atoms with van der Waals surface area (Å²) >= 11 is 6.28. The summed E-state index contributed by atoms with van der Waals surface area (Å²) in [6.45, 7) is 3.53. The maximum absolute atomic E-state index is 12.4. The van der Waals surface area contributed by atoms with Crippen LogP contribution >= 0.6 is 11.6 Å². The molecule has 9 heteroatoms. The summed E-state index contributed by atoms with van der Waals surface area (Å²) in [5, 5.41) is 0.323. The lowest BCUT2D eigenvalue weighted by Crippen LogP contribution is -2.30. The molecule has 1 fully saturated rings. The zero-order valence-corrected chi connectivity index (χ0v) is 18.8. The topological polar surface area (TPSA) is 62.6 Å². The number of ether oxygens (including phenoxy) is 3. The van der Waals surface area contributed by atoms with E-state index in [1.807, 2.05) is 6.92 Å². The largest absolute Gasteiger partial charge is 0.488 e. The number of nitrogens with zero attached hydrogens (tertiary/aromatic N) is 2. The molecule has 1 aromatic carbocycles. The van der Waals surface area contributed by atoms with Crippen LogP contribution in [0.4, 0.5) is 8.78 Å². The quantitative estimate of drug-likeness (QED) is 0.490. The third-order valence-corrected chi connectivity index (χ3v) is 5.68. The first-order valence-electron chi connectivity index (χ1n) is 10.6. The highest BCUT2D eigenvalue weighted by Gasteiger charge is 2.25. The van der Waals surface area contributed by atoms with E-state index in [-0.39, 0.29) is 29.7 Å². The first-order valence-corrected chi connectivity index (χ1v) is 10.9. The van der Waals surface area contributed by atoms with Gasteiger partial charge >= 0.3 is 0 Å². The van der Waals surface area contributed by atoms with Crippen molar-refractivity contribution in [2.45, 2.75) is 64.6 Å². The number of Topliss-reactive ketones (excluding diaryl/α,β-unsaturated/α-hetero) is 1. The van der Waals surface area contributed by atoms with Gasteiger partial charge in [-0.2, -0.15) is 4.98 Å². The SMILES string of the molecule is CC(=O)C[C@@H](C)COC1CCC(Oc2nc3c(Cl)cc(OCC(F)F)cc3n2C)CC1. The molecule has 1 aromatic heterocycles. The normalized spacial score (nSPS) is 20.2. The Bertz CT molecular complexity index is 897. The van der Waals surface area contributed by atoms with Gasteiger partial charge in [0.15, 0.2) is 0 Å². The number of imidazole rings is 1. The van der Waals surface area contributed by atoms with Gasteiger partial charge in [0.25, 0.3) is 12.4 Å². The highest BCUT2D eigenvalue weighted by molar-refractivity contribution is 6.35. The van der Waals surface area contributed by atoms with E-state index in [1.165, 1.54) is 6.07 Å². The molecule has 0 aliphatic heterocycles. The maximum Gasteiger partial charge on any atom is 0.297 e. The fourth-order valence-electron chi connectivity index (χ4n) is 3.86. The van der Waals surface area contributed by atoms with Crippen LogP contribution < -0.4 is 9.47 Å². The van der Waals surface area contributed by atoms with Crippen LogP contribution in [-0.2, 0) is 16.6 Å². The summed E-state index contributed by atoms with van der Waals surface area (Å²) in [4.78, 5) is 15.7. The van der Waals surface area contributed by atoms with Gasteiger partial charge in [0.1, 0.15) is 29.8 Å². The molecule has 0 N–H and O–H groups in total. The lowest BCUT2D eigenvalue weighted by Gasteiger charge is -2.29. The maximum atomic E-state index is 12.4. The summed E-state index contributed by atoms with van der Waals surface area (Å²) in [5.74, 6) is 0.679. The number of ketones is 1. The number of alkyl halides is 2. The van der Waals surface area contributed by atoms with Crippen molar-refractivity contribution >= 4 is 28.4 Å². The minimum atomic E-state index is -2.56. The Morgan fingerprint density at radius 3 is 2.55 bits per heavy atom. The van der Waals surface area contributed by atoms with Crippen molar-refractivity contribution in [3.05, 3.63) is 17.2 Å². The predicted octanol–water partition coefficient (Wildman–Crippen LogP) is 5.19. The lowest BCUT2D eigenvalue weighted by molar-refractivity contribution is -0.118. The van der Waals surface area contributed by atoms with E-state index in [9.17, 15) is 13.6 Å². The van der Waals surface area contributed by atoms with E-state index in [1.54, 1.807) is 24.6 Å². The van der Waals surface area contributed by atoms with Crippen molar-refractivity contribution in [1.29, 1.82) is 0 Å². The fraction of sp³-hybridized carbons (Fsp3) is 0.636. The second-order valence-corrected chi connectivity index (χ2v) is 8.70. The molecule has 0 saturated heterocycles. The summed E-state index contributed by atoms with van der Waals surface area (Å²) in [5.41, 5.74) is 1.20. The molecule has 0 radical (unpaired) electrons. The molecule has 31 heavy (non-hydrogen) atoms. The van der Waals surface area contributed by atoms with E-state index in [0.717, 1.165) is 25.7 Å². The van der Waals surface area contributed by atoms with E-state index in [0.29, 0.717) is 35.1 Å². The Morgan fingerprint density at radius 1 is 1.23 bits per heavy atom. The first kappa shape index (κ1) is 23.7. The molecule has 172 valence electrons. The number of carbonyl (C=O) groups excluding carboxylic acids is 1. The molecule has 0 bridgehead atoms. The number of carbonyl (C=O) groups is 1. The van der Waals surface area contributed by atoms with Gasteiger partial charge in [0, 0.05) is 32.2 Å². The Labute approximate surface area is 185 Å². The van der Waals surface area contributed by atoms with Crippen LogP contribution in [0.15, 0.2) is 12.1 Å². The van der Waals surface area contributed by atoms with Gasteiger partial charge in [0.05, 0.1) is 16.6 Å². The third-order valence-electron chi connectivity index (χ3n) is 5.39. The number of aromatic nitrogens is 2. The van der Waals surface area contributed by atoms with Crippen LogP contribution in [0.5, 0.6) is 11.8 Å². The molecule has 1 saturated carbocycles. The molecule has 1 heterocycles. The lowest BCUT2D eigenvalue weighted by atomic mass is 9.95. The van der Waals surface area contributed by atoms with Crippen molar-refractivity contribution in [3.63, 3.8) is 0 Å². The highest BCUT2D eigenvalue weighted by Crippen LogP contribution is 2.33. The first-order chi connectivity index (χ1) is 14.7. The number of hydrogen-bond acceptors (Lipinski definition) is 5. The van der Waals surface area contributed by atoms with Crippen LogP contribution in [0.1, 0.15) is 46.0 Å². The van der Waals surface area contributed by atoms with Gasteiger partial charge < -0.3 is 19.0 Å². The average Bonchev–Trinajstić information content (AvgIpc) is 3.02. The van der Waals surface area contributed by atoms with Gasteiger partial charge in [0.2, 0.25) is 0 Å². The standard InChI is InChI=1S/C22H29ClF2N2O4/c1-13(8-14(2)28)11-29-15-4-6-16(7-5-15)31-22-26-21-18(23)9-17(30-12-20(24)25)10-19(21)27(22)3/h9-10,13,15-16,20H,4-8,11-12H2,1-3H3/t13-,15?,16?/m1/s1. The van der Waals surface area contributed by atoms with Gasteiger partial charge in [-0.15, -0.1) is 0 Å². The number of halogens is 3. The Morgan fingerprint density at radius 2 is 1.90 bits per heavy atom. The molecule has 2 aromatic rings. The van der Waals surface area contributed by atoms with Crippen molar-refractivity contribution in [1.82, 2.24) is 9.55 Å². The van der Waals surface area contributed by atoms with Crippen LogP contribution in [0.2, 0.25) is 5.02 Å². The Hall–Kier alpha value is -1.93. The van der Waals surface area contributed by atoms with Gasteiger partial charge in [-0.05, 0) is 38.5 Å². The summed E-state index contributed by atoms with van der Waals surface area (Å²) < 4.78 is 43.8. The molecule has 1 aliphatic rings. The van der Waals surface area contributed by atoms with Gasteiger partial charge in [-0.25, -0.2) is 8.78 Å². The minimum absolute atomic E-state index is 0.0123. The van der Waals surface area contributed by atoms with E-state index < -0.39 is 13.0 Å². The molecule has 0 spiro atoms. The second kappa shape index (κ2) is 10.6. The Kier molecular flexibility index (Phi) is 8.11. The number of fused-ring (bicyclic) bond motifs is 1. The number of benzene rings is 1. The smallest absolute Gasteiger partial charge is 0.297 e. The number of rotatable bonds is 10. The molecule has 6 nitrogen and oxygen atoms in total. The molecule has 3 rings (SSSR count). The van der Waals surface area contributed by atoms with Crippen LogP contribution in [-0.4, -0.2) is 47.2 Å². The summed E-state index contributed by atoms with van der Waals surface area (Å²) in [6, 6.07) is 3.55. The molecule has 0 unspecified atom stereocenters. The molecule has 1 aliphatic carbocycles. The van der Waals surface area contributed by atoms with Gasteiger partial charge in [-0.3, -0.25) is 4.57 Å². The zero-order valence-electron chi connectivity index (χ0n) is 18.1. The molecular weight excluding hydrogens is 430 g/mol. The average molecular weight is 459 g/mol. The van der Waals surface area contributed by atoms with E-state index >= 15 is 0 Å². The molecular formula is C22H29ClF2N2O4. The van der Waals surface area contributed by atoms with E-state index in [2.05, 4.69) is 4.98 Å². The summed E-state index contributed by atoms with van der Waals surface area (Å²) in [7, 11) is 1.79. The van der Waals surface area contributed by atoms with Crippen molar-refractivity contribution < 1.29 is 27.8 Å². The molecule has 0 amide bonds. The zero-order chi connectivity index (χ0) is 22.5. The van der Waals surface area contributed by atoms with Crippen LogP contribution in [0.3, 0.4) is 0 Å². The van der Waals surface area contributed by atoms with Gasteiger partial charge in [-0.1, -0.05) is 18.5 Å². The van der Waals surface area contributed by atoms with E-state index in [4.69, 9.17) is 25.8 Å². The summed E-state index contributed by atoms with van der Waals surface area (Å²) in [6.07, 6.45) is 1.62. The predicted molar refractivity (Wildman–Crippen MR) is 114 cm³/mol. The minimum Gasteiger partial charge on any atom is -0.488 e. The second-order valence-electron chi connectivity index (χ2n) is 8.29. The van der Waals surface area contributed by atoms with Crippen molar-refractivity contribution in [2.75, 3.05) is 13.2 Å². The van der Waals surface area contributed by atoms with Crippen molar-refractivity contribution in [3.8, 4) is 11.8 Å². The van der Waals surface area contributed by atoms with Crippen LogP contribution in [0.25, 0.3) is 11.0 Å². The monoisotopic (exact) mass is 458 g/mol. The fourth-order valence-corrected chi connectivity index (χ4v) is 4.11.